The highest BCUT2D eigenvalue weighted by atomic mass is 19.1. The average Bonchev–Trinajstić information content (AvgIpc) is 3.67. The Hall–Kier alpha value is -5.52. The van der Waals surface area contributed by atoms with E-state index in [1.54, 1.807) is 71.9 Å². The molecule has 0 bridgehead atoms. The molecule has 5 aromatic rings. The summed E-state index contributed by atoms with van der Waals surface area (Å²) < 4.78 is 24.2. The highest BCUT2D eigenvalue weighted by Crippen LogP contribution is 2.28. The Morgan fingerprint density at radius 2 is 1.80 bits per heavy atom. The van der Waals surface area contributed by atoms with Crippen LogP contribution in [0.1, 0.15) is 48.9 Å². The largest absolute Gasteiger partial charge is 0.457 e. The molecule has 0 radical (unpaired) electrons. The molecule has 0 saturated heterocycles. The van der Waals surface area contributed by atoms with Gasteiger partial charge in [0.2, 0.25) is 0 Å². The second-order valence-electron chi connectivity index (χ2n) is 11.5. The van der Waals surface area contributed by atoms with Crippen molar-refractivity contribution in [2.75, 3.05) is 17.2 Å². The summed E-state index contributed by atoms with van der Waals surface area (Å²) in [6.07, 6.45) is 7.68. The number of pyridine rings is 1. The normalized spacial score (nSPS) is 11.2. The zero-order valence-corrected chi connectivity index (χ0v) is 25.5. The number of hydrogen-bond acceptors (Lipinski definition) is 6. The maximum absolute atomic E-state index is 14.9. The minimum absolute atomic E-state index is 0.0282. The number of carbonyl (C=O) groups is 2. The van der Waals surface area contributed by atoms with E-state index in [4.69, 9.17) is 9.84 Å². The van der Waals surface area contributed by atoms with Crippen LogP contribution in [0, 0.1) is 12.7 Å². The number of halogens is 1. The van der Waals surface area contributed by atoms with Gasteiger partial charge in [0.05, 0.1) is 23.4 Å². The Morgan fingerprint density at radius 3 is 2.53 bits per heavy atom. The zero-order chi connectivity index (χ0) is 32.0. The van der Waals surface area contributed by atoms with Crippen LogP contribution in [0.2, 0.25) is 0 Å². The molecule has 0 unspecified atom stereocenters. The molecule has 0 aliphatic carbocycles. The lowest BCUT2D eigenvalue weighted by Gasteiger charge is -2.14. The number of carbonyl (C=O) groups excluding carboxylic acids is 2. The zero-order valence-electron chi connectivity index (χ0n) is 25.5. The van der Waals surface area contributed by atoms with Gasteiger partial charge in [-0.15, -0.1) is 0 Å². The molecule has 45 heavy (non-hydrogen) atoms. The van der Waals surface area contributed by atoms with Crippen molar-refractivity contribution in [2.45, 2.75) is 46.1 Å². The second-order valence-corrected chi connectivity index (χ2v) is 11.5. The van der Waals surface area contributed by atoms with Crippen molar-refractivity contribution in [3.63, 3.8) is 0 Å². The first-order chi connectivity index (χ1) is 21.5. The van der Waals surface area contributed by atoms with E-state index in [2.05, 4.69) is 25.9 Å². The predicted molar refractivity (Wildman–Crippen MR) is 170 cm³/mol. The Morgan fingerprint density at radius 1 is 0.978 bits per heavy atom. The number of aromatic nitrogens is 5. The van der Waals surface area contributed by atoms with Gasteiger partial charge in [0, 0.05) is 66.6 Å². The fourth-order valence-corrected chi connectivity index (χ4v) is 4.45. The first-order valence-corrected chi connectivity index (χ1v) is 14.5. The minimum Gasteiger partial charge on any atom is -0.457 e. The Kier molecular flexibility index (Phi) is 9.22. The quantitative estimate of drug-likeness (QED) is 0.156. The lowest BCUT2D eigenvalue weighted by molar-refractivity contribution is 0.0952. The van der Waals surface area contributed by atoms with E-state index < -0.39 is 11.8 Å². The van der Waals surface area contributed by atoms with Crippen LogP contribution in [0.15, 0.2) is 85.6 Å². The molecule has 5 rings (SSSR count). The maximum Gasteiger partial charge on any atom is 0.324 e. The summed E-state index contributed by atoms with van der Waals surface area (Å²) in [5.74, 6) is 0.263. The summed E-state index contributed by atoms with van der Waals surface area (Å²) in [5.41, 5.74) is 2.14. The van der Waals surface area contributed by atoms with E-state index in [-0.39, 0.29) is 22.8 Å². The van der Waals surface area contributed by atoms with Crippen molar-refractivity contribution in [1.82, 2.24) is 29.6 Å². The molecule has 3 aromatic heterocycles. The third-order valence-electron chi connectivity index (χ3n) is 6.80. The van der Waals surface area contributed by atoms with Crippen LogP contribution in [0.5, 0.6) is 11.5 Å². The van der Waals surface area contributed by atoms with Gasteiger partial charge in [-0.05, 0) is 49.7 Å². The number of amides is 3. The van der Waals surface area contributed by atoms with E-state index in [9.17, 15) is 14.0 Å². The highest BCUT2D eigenvalue weighted by Gasteiger charge is 2.22. The molecule has 0 atom stereocenters. The molecule has 2 aromatic carbocycles. The fourth-order valence-electron chi connectivity index (χ4n) is 4.45. The number of nitrogens with one attached hydrogen (secondary N) is 3. The van der Waals surface area contributed by atoms with Crippen molar-refractivity contribution >= 4 is 23.4 Å². The van der Waals surface area contributed by atoms with Gasteiger partial charge in [-0.1, -0.05) is 26.8 Å². The first kappa shape index (κ1) is 30.9. The summed E-state index contributed by atoms with van der Waals surface area (Å²) in [5, 5.41) is 13.0. The van der Waals surface area contributed by atoms with Gasteiger partial charge in [-0.2, -0.15) is 5.10 Å². The van der Waals surface area contributed by atoms with Gasteiger partial charge < -0.3 is 19.9 Å². The van der Waals surface area contributed by atoms with Gasteiger partial charge in [-0.3, -0.25) is 15.1 Å². The predicted octanol–water partition coefficient (Wildman–Crippen LogP) is 6.47. The Labute approximate surface area is 260 Å². The lowest BCUT2D eigenvalue weighted by Crippen LogP contribution is -2.25. The van der Waals surface area contributed by atoms with Crippen LogP contribution >= 0.6 is 0 Å². The highest BCUT2D eigenvalue weighted by molar-refractivity contribution is 5.99. The third-order valence-corrected chi connectivity index (χ3v) is 6.80. The number of hydrogen-bond donors (Lipinski definition) is 3. The molecule has 11 nitrogen and oxygen atoms in total. The van der Waals surface area contributed by atoms with E-state index >= 15 is 0 Å². The van der Waals surface area contributed by atoms with Crippen LogP contribution in [0.3, 0.4) is 0 Å². The first-order valence-electron chi connectivity index (χ1n) is 14.5. The van der Waals surface area contributed by atoms with E-state index in [1.165, 1.54) is 12.1 Å². The fraction of sp³-hybridized carbons (Fsp3) is 0.242. The van der Waals surface area contributed by atoms with Crippen LogP contribution in [-0.2, 0) is 12.0 Å². The second kappa shape index (κ2) is 13.4. The molecule has 0 fully saturated rings. The summed E-state index contributed by atoms with van der Waals surface area (Å²) in [6.45, 7) is 9.08. The van der Waals surface area contributed by atoms with E-state index in [0.29, 0.717) is 35.1 Å². The number of aryl methyl sites for hydroxylation is 2. The Balaban J connectivity index is 1.28. The maximum atomic E-state index is 14.9. The van der Waals surface area contributed by atoms with Crippen LogP contribution in [0.4, 0.5) is 20.7 Å². The average molecular weight is 611 g/mol. The summed E-state index contributed by atoms with van der Waals surface area (Å²) in [4.78, 5) is 34.1. The number of anilines is 2. The molecular weight excluding hydrogens is 575 g/mol. The summed E-state index contributed by atoms with van der Waals surface area (Å²) in [7, 11) is 0. The molecule has 3 heterocycles. The summed E-state index contributed by atoms with van der Waals surface area (Å²) >= 11 is 0. The van der Waals surface area contributed by atoms with E-state index in [0.717, 1.165) is 18.7 Å². The van der Waals surface area contributed by atoms with Crippen LogP contribution in [0.25, 0.3) is 5.69 Å². The van der Waals surface area contributed by atoms with Crippen molar-refractivity contribution in [3.05, 3.63) is 108 Å². The molecule has 232 valence electrons. The SMILES string of the molecule is Cc1cc(Oc2ccc(NC(=O)Nc3cc(C(C)(C)C)nn3-c3cccc(C(=O)NCCCn4ccnc4)c3)c(F)c2)ccn1. The van der Waals surface area contributed by atoms with Gasteiger partial charge in [0.15, 0.2) is 0 Å². The number of rotatable bonds is 10. The van der Waals surface area contributed by atoms with Crippen molar-refractivity contribution in [2.24, 2.45) is 0 Å². The summed E-state index contributed by atoms with van der Waals surface area (Å²) in [6, 6.07) is 15.6. The molecule has 3 amide bonds. The number of nitrogens with zero attached hydrogens (tertiary/aromatic N) is 5. The van der Waals surface area contributed by atoms with Gasteiger partial charge in [0.25, 0.3) is 5.91 Å². The standard InChI is InChI=1S/C33H35FN8O3/c1-22-17-26(11-13-36-22)45-25-9-10-28(27(34)19-25)38-32(44)39-30-20-29(33(2,3)4)40-42(30)24-8-5-7-23(18-24)31(43)37-12-6-15-41-16-14-35-21-41/h5,7-11,13-14,16-21H,6,12,15H2,1-4H3,(H,37,43)(H2,38,39,44). The molecule has 0 aliphatic heterocycles. The molecular formula is C33H35FN8O3. The number of urea groups is 1. The molecule has 0 saturated carbocycles. The van der Waals surface area contributed by atoms with Crippen molar-refractivity contribution in [1.29, 1.82) is 0 Å². The van der Waals surface area contributed by atoms with Gasteiger partial charge >= 0.3 is 6.03 Å². The monoisotopic (exact) mass is 610 g/mol. The van der Waals surface area contributed by atoms with Crippen molar-refractivity contribution in [3.8, 4) is 17.2 Å². The molecule has 0 spiro atoms. The van der Waals surface area contributed by atoms with Crippen LogP contribution < -0.4 is 20.7 Å². The molecule has 3 N–H and O–H groups in total. The topological polar surface area (TPSA) is 128 Å². The van der Waals surface area contributed by atoms with E-state index in [1.807, 2.05) is 38.5 Å². The van der Waals surface area contributed by atoms with Crippen LogP contribution in [-0.4, -0.2) is 42.8 Å². The third kappa shape index (κ3) is 8.11. The smallest absolute Gasteiger partial charge is 0.324 e. The Bertz CT molecular complexity index is 1790. The number of ether oxygens (including phenoxy) is 1. The van der Waals surface area contributed by atoms with Gasteiger partial charge in [-0.25, -0.2) is 18.9 Å². The number of imidazole rings is 1. The minimum atomic E-state index is -0.666. The lowest BCUT2D eigenvalue weighted by atomic mass is 9.92. The molecule has 0 aliphatic rings. The molecule has 12 heteroatoms. The van der Waals surface area contributed by atoms with Gasteiger partial charge in [0.1, 0.15) is 23.1 Å². The van der Waals surface area contributed by atoms with Crippen molar-refractivity contribution < 1.29 is 18.7 Å². The number of benzene rings is 2.